The Balaban J connectivity index is 1.74. The number of nitro groups is 1. The first-order valence-corrected chi connectivity index (χ1v) is 8.65. The molecule has 1 aromatic carbocycles. The summed E-state index contributed by atoms with van der Waals surface area (Å²) < 4.78 is 9.93. The summed E-state index contributed by atoms with van der Waals surface area (Å²) in [7, 11) is 0. The molecule has 0 saturated carbocycles. The molecule has 0 spiro atoms. The maximum absolute atomic E-state index is 12.0. The van der Waals surface area contributed by atoms with E-state index in [9.17, 15) is 19.7 Å². The van der Waals surface area contributed by atoms with E-state index in [0.29, 0.717) is 17.1 Å². The van der Waals surface area contributed by atoms with Gasteiger partial charge in [0.05, 0.1) is 15.9 Å². The van der Waals surface area contributed by atoms with Gasteiger partial charge in [-0.1, -0.05) is 17.3 Å². The first-order chi connectivity index (χ1) is 12.3. The van der Waals surface area contributed by atoms with E-state index in [-0.39, 0.29) is 24.0 Å². The first-order valence-electron chi connectivity index (χ1n) is 7.60. The number of rotatable bonds is 8. The number of hydrogen-bond donors (Lipinski definition) is 1. The van der Waals surface area contributed by atoms with Crippen molar-refractivity contribution in [1.29, 1.82) is 0 Å². The Morgan fingerprint density at radius 3 is 2.85 bits per heavy atom. The second-order valence-electron chi connectivity index (χ2n) is 5.35. The molecule has 0 aliphatic carbocycles. The number of aromatic nitrogens is 1. The van der Waals surface area contributed by atoms with Gasteiger partial charge in [-0.05, 0) is 19.4 Å². The third-order valence-electron chi connectivity index (χ3n) is 3.22. The highest BCUT2D eigenvalue weighted by Gasteiger charge is 2.17. The highest BCUT2D eigenvalue weighted by molar-refractivity contribution is 8.01. The van der Waals surface area contributed by atoms with Crippen molar-refractivity contribution in [2.75, 3.05) is 11.1 Å². The van der Waals surface area contributed by atoms with Crippen LogP contribution in [-0.2, 0) is 20.9 Å². The lowest BCUT2D eigenvalue weighted by atomic mass is 10.2. The van der Waals surface area contributed by atoms with Crippen molar-refractivity contribution >= 4 is 35.1 Å². The minimum atomic E-state index is -0.516. The van der Waals surface area contributed by atoms with Gasteiger partial charge in [-0.25, -0.2) is 0 Å². The molecule has 1 heterocycles. The minimum Gasteiger partial charge on any atom is -0.460 e. The van der Waals surface area contributed by atoms with Crippen LogP contribution in [0.25, 0.3) is 0 Å². The molecule has 10 heteroatoms. The van der Waals surface area contributed by atoms with Crippen LogP contribution in [0.1, 0.15) is 18.2 Å². The molecule has 0 radical (unpaired) electrons. The molecule has 1 N–H and O–H groups in total. The average molecular weight is 379 g/mol. The third kappa shape index (κ3) is 5.88. The number of nitrogens with one attached hydrogen (secondary N) is 1. The number of hydrogen-bond acceptors (Lipinski definition) is 8. The molecular formula is C16H17N3O6S. The molecule has 1 aromatic heterocycles. The average Bonchev–Trinajstić information content (AvgIpc) is 3.02. The predicted octanol–water partition coefficient (Wildman–Crippen LogP) is 2.69. The molecule has 0 saturated heterocycles. The van der Waals surface area contributed by atoms with Gasteiger partial charge < -0.3 is 14.6 Å². The number of esters is 1. The van der Waals surface area contributed by atoms with E-state index in [0.717, 1.165) is 11.8 Å². The lowest BCUT2D eigenvalue weighted by Crippen LogP contribution is -2.24. The van der Waals surface area contributed by atoms with Crippen LogP contribution in [0.3, 0.4) is 0 Å². The van der Waals surface area contributed by atoms with E-state index in [1.807, 2.05) is 0 Å². The molecule has 1 atom stereocenters. The number of nitrogens with zero attached hydrogens (tertiary/aromatic N) is 2. The molecule has 0 bridgehead atoms. The van der Waals surface area contributed by atoms with Crippen molar-refractivity contribution in [2.45, 2.75) is 25.7 Å². The zero-order chi connectivity index (χ0) is 19.1. The topological polar surface area (TPSA) is 125 Å². The van der Waals surface area contributed by atoms with Crippen molar-refractivity contribution in [3.63, 3.8) is 0 Å². The van der Waals surface area contributed by atoms with Gasteiger partial charge in [0.2, 0.25) is 5.91 Å². The number of amides is 1. The van der Waals surface area contributed by atoms with E-state index in [1.165, 1.54) is 18.2 Å². The van der Waals surface area contributed by atoms with Crippen LogP contribution < -0.4 is 5.32 Å². The largest absolute Gasteiger partial charge is 0.460 e. The monoisotopic (exact) mass is 379 g/mol. The number of nitro benzene ring substituents is 1. The van der Waals surface area contributed by atoms with Gasteiger partial charge in [-0.2, -0.15) is 0 Å². The first kappa shape index (κ1) is 19.4. The Morgan fingerprint density at radius 1 is 1.42 bits per heavy atom. The summed E-state index contributed by atoms with van der Waals surface area (Å²) in [5, 5.41) is 16.4. The highest BCUT2D eigenvalue weighted by Crippen LogP contribution is 2.16. The lowest BCUT2D eigenvalue weighted by molar-refractivity contribution is -0.384. The highest BCUT2D eigenvalue weighted by atomic mass is 32.2. The zero-order valence-electron chi connectivity index (χ0n) is 14.1. The number of thioether (sulfide) groups is 1. The molecule has 0 aliphatic rings. The summed E-state index contributed by atoms with van der Waals surface area (Å²) in [6, 6.07) is 7.44. The second-order valence-corrected chi connectivity index (χ2v) is 6.68. The normalized spacial score (nSPS) is 11.6. The molecule has 138 valence electrons. The quantitative estimate of drug-likeness (QED) is 0.422. The number of aryl methyl sites for hydroxylation is 1. The van der Waals surface area contributed by atoms with Gasteiger partial charge >= 0.3 is 5.97 Å². The van der Waals surface area contributed by atoms with Crippen LogP contribution in [0, 0.1) is 17.0 Å². The molecule has 1 unspecified atom stereocenters. The Hall–Kier alpha value is -2.88. The number of carbonyl (C=O) groups is 2. The summed E-state index contributed by atoms with van der Waals surface area (Å²) >= 11 is 1.11. The fourth-order valence-electron chi connectivity index (χ4n) is 1.89. The van der Waals surface area contributed by atoms with Crippen molar-refractivity contribution < 1.29 is 23.8 Å². The summed E-state index contributed by atoms with van der Waals surface area (Å²) in [4.78, 5) is 34.0. The molecular weight excluding hydrogens is 362 g/mol. The summed E-state index contributed by atoms with van der Waals surface area (Å²) in [6.45, 7) is 3.29. The lowest BCUT2D eigenvalue weighted by Gasteiger charge is -2.10. The predicted molar refractivity (Wildman–Crippen MR) is 94.7 cm³/mol. The maximum Gasteiger partial charge on any atom is 0.316 e. The SMILES string of the molecule is Cc1cc(NC(=O)C(C)SCC(=O)OCc2cccc([N+](=O)[O-])c2)no1. The van der Waals surface area contributed by atoms with Crippen LogP contribution in [0.2, 0.25) is 0 Å². The number of benzene rings is 1. The fourth-order valence-corrected chi connectivity index (χ4v) is 2.57. The summed E-state index contributed by atoms with van der Waals surface area (Å²) in [5.74, 6) is 0.0354. The Kier molecular flexibility index (Phi) is 6.73. The summed E-state index contributed by atoms with van der Waals surface area (Å²) in [6.07, 6.45) is 0. The standard InChI is InChI=1S/C16H17N3O6S/c1-10-6-14(18-25-10)17-16(21)11(2)26-9-15(20)24-8-12-4-3-5-13(7-12)19(22)23/h3-7,11H,8-9H2,1-2H3,(H,17,18,21). The van der Waals surface area contributed by atoms with Crippen LogP contribution >= 0.6 is 11.8 Å². The molecule has 2 aromatic rings. The van der Waals surface area contributed by atoms with Gasteiger partial charge in [-0.3, -0.25) is 19.7 Å². The summed E-state index contributed by atoms with van der Waals surface area (Å²) in [5.41, 5.74) is 0.450. The van der Waals surface area contributed by atoms with E-state index < -0.39 is 16.1 Å². The second kappa shape index (κ2) is 8.99. The Morgan fingerprint density at radius 2 is 2.19 bits per heavy atom. The maximum atomic E-state index is 12.0. The number of carbonyl (C=O) groups excluding carboxylic acids is 2. The fraction of sp³-hybridized carbons (Fsp3) is 0.312. The van der Waals surface area contributed by atoms with Crippen molar-refractivity contribution in [1.82, 2.24) is 5.16 Å². The molecule has 9 nitrogen and oxygen atoms in total. The van der Waals surface area contributed by atoms with E-state index >= 15 is 0 Å². The van der Waals surface area contributed by atoms with Gasteiger partial charge in [0, 0.05) is 18.2 Å². The van der Waals surface area contributed by atoms with Crippen molar-refractivity contribution in [2.24, 2.45) is 0 Å². The van der Waals surface area contributed by atoms with E-state index in [4.69, 9.17) is 9.26 Å². The number of anilines is 1. The minimum absolute atomic E-state index is 0.0264. The zero-order valence-corrected chi connectivity index (χ0v) is 14.9. The van der Waals surface area contributed by atoms with Crippen LogP contribution in [-0.4, -0.2) is 33.0 Å². The Bertz CT molecular complexity index is 807. The molecule has 1 amide bonds. The third-order valence-corrected chi connectivity index (χ3v) is 4.34. The molecule has 0 aliphatic heterocycles. The molecule has 2 rings (SSSR count). The molecule has 26 heavy (non-hydrogen) atoms. The molecule has 0 fully saturated rings. The van der Waals surface area contributed by atoms with Crippen LogP contribution in [0.5, 0.6) is 0 Å². The smallest absolute Gasteiger partial charge is 0.316 e. The van der Waals surface area contributed by atoms with Crippen molar-refractivity contribution in [3.05, 3.63) is 51.8 Å². The van der Waals surface area contributed by atoms with E-state index in [1.54, 1.807) is 26.0 Å². The van der Waals surface area contributed by atoms with Crippen molar-refractivity contribution in [3.8, 4) is 0 Å². The van der Waals surface area contributed by atoms with Gasteiger partial charge in [-0.15, -0.1) is 11.8 Å². The number of ether oxygens (including phenoxy) is 1. The Labute approximate surface area is 153 Å². The van der Waals surface area contributed by atoms with E-state index in [2.05, 4.69) is 10.5 Å². The van der Waals surface area contributed by atoms with Crippen LogP contribution in [0.15, 0.2) is 34.9 Å². The van der Waals surface area contributed by atoms with Gasteiger partial charge in [0.15, 0.2) is 5.82 Å². The number of non-ortho nitro benzene ring substituents is 1. The van der Waals surface area contributed by atoms with Crippen LogP contribution in [0.4, 0.5) is 11.5 Å². The van der Waals surface area contributed by atoms with Gasteiger partial charge in [0.25, 0.3) is 5.69 Å². The van der Waals surface area contributed by atoms with Gasteiger partial charge in [0.1, 0.15) is 12.4 Å².